The number of benzene rings is 2. The molecular formula is C21H15Cl3N2OS. The summed E-state index contributed by atoms with van der Waals surface area (Å²) in [6.07, 6.45) is 1.79. The first-order valence-corrected chi connectivity index (χ1v) is 10.5. The average Bonchev–Trinajstić information content (AvgIpc) is 3.05. The number of aromatic nitrogens is 1. The highest BCUT2D eigenvalue weighted by atomic mass is 35.5. The molecule has 0 unspecified atom stereocenters. The average molecular weight is 450 g/mol. The normalized spacial score (nSPS) is 11.0. The zero-order chi connectivity index (χ0) is 19.5. The topological polar surface area (TPSA) is 34.2 Å². The van der Waals surface area contributed by atoms with Crippen LogP contribution in [0.15, 0.2) is 60.8 Å². The molecule has 0 aliphatic heterocycles. The van der Waals surface area contributed by atoms with Crippen LogP contribution >= 0.6 is 46.1 Å². The highest BCUT2D eigenvalue weighted by molar-refractivity contribution is 7.19. The third kappa shape index (κ3) is 4.36. The quantitative estimate of drug-likeness (QED) is 0.332. The molecule has 0 bridgehead atoms. The van der Waals surface area contributed by atoms with Gasteiger partial charge in [0.05, 0.1) is 26.9 Å². The van der Waals surface area contributed by atoms with Crippen LogP contribution in [0.4, 0.5) is 5.69 Å². The van der Waals surface area contributed by atoms with Crippen LogP contribution in [0.5, 0.6) is 5.75 Å². The lowest BCUT2D eigenvalue weighted by molar-refractivity contribution is 0.308. The van der Waals surface area contributed by atoms with Gasteiger partial charge in [-0.1, -0.05) is 46.9 Å². The molecule has 0 saturated heterocycles. The van der Waals surface area contributed by atoms with Crippen LogP contribution in [0.2, 0.25) is 15.1 Å². The van der Waals surface area contributed by atoms with Gasteiger partial charge in [0.15, 0.2) is 0 Å². The van der Waals surface area contributed by atoms with Gasteiger partial charge in [-0.05, 0) is 48.0 Å². The minimum absolute atomic E-state index is 0.391. The van der Waals surface area contributed by atoms with Gasteiger partial charge in [0, 0.05) is 16.9 Å². The highest BCUT2D eigenvalue weighted by Crippen LogP contribution is 2.38. The molecule has 2 aromatic heterocycles. The summed E-state index contributed by atoms with van der Waals surface area (Å²) in [4.78, 5) is 6.47. The van der Waals surface area contributed by atoms with E-state index in [0.29, 0.717) is 28.2 Å². The van der Waals surface area contributed by atoms with Gasteiger partial charge < -0.3 is 10.1 Å². The molecule has 1 N–H and O–H groups in total. The maximum Gasteiger partial charge on any atom is 0.145 e. The number of nitrogens with one attached hydrogen (secondary N) is 1. The summed E-state index contributed by atoms with van der Waals surface area (Å²) in [6.45, 7) is 1.000. The van der Waals surface area contributed by atoms with Gasteiger partial charge in [0.2, 0.25) is 0 Å². The monoisotopic (exact) mass is 448 g/mol. The van der Waals surface area contributed by atoms with E-state index in [-0.39, 0.29) is 0 Å². The van der Waals surface area contributed by atoms with E-state index in [1.807, 2.05) is 48.5 Å². The smallest absolute Gasteiger partial charge is 0.145 e. The van der Waals surface area contributed by atoms with Gasteiger partial charge in [0.1, 0.15) is 17.2 Å². The van der Waals surface area contributed by atoms with E-state index in [0.717, 1.165) is 32.1 Å². The number of pyridine rings is 1. The predicted octanol–water partition coefficient (Wildman–Crippen LogP) is 7.45. The number of halogens is 3. The summed E-state index contributed by atoms with van der Waals surface area (Å²) in [5.74, 6) is 0.828. The van der Waals surface area contributed by atoms with Crippen LogP contribution in [-0.4, -0.2) is 4.98 Å². The molecule has 2 heterocycles. The van der Waals surface area contributed by atoms with Crippen LogP contribution in [0.3, 0.4) is 0 Å². The fraction of sp³-hybridized carbons (Fsp3) is 0.0952. The van der Waals surface area contributed by atoms with Crippen LogP contribution in [-0.2, 0) is 13.2 Å². The number of fused-ring (bicyclic) bond motifs is 1. The van der Waals surface area contributed by atoms with E-state index >= 15 is 0 Å². The Labute approximate surface area is 181 Å². The first-order valence-electron chi connectivity index (χ1n) is 8.53. The molecule has 2 aromatic carbocycles. The summed E-state index contributed by atoms with van der Waals surface area (Å²) < 4.78 is 6.19. The van der Waals surface area contributed by atoms with Gasteiger partial charge in [0.25, 0.3) is 0 Å². The number of nitrogens with zero attached hydrogens (tertiary/aromatic N) is 1. The molecule has 0 aliphatic rings. The van der Waals surface area contributed by atoms with Gasteiger partial charge in [-0.2, -0.15) is 0 Å². The Balaban J connectivity index is 1.58. The second-order valence-corrected chi connectivity index (χ2v) is 8.45. The third-order valence-electron chi connectivity index (χ3n) is 4.13. The predicted molar refractivity (Wildman–Crippen MR) is 119 cm³/mol. The fourth-order valence-corrected chi connectivity index (χ4v) is 4.33. The van der Waals surface area contributed by atoms with E-state index in [9.17, 15) is 0 Å². The van der Waals surface area contributed by atoms with Crippen molar-refractivity contribution in [1.29, 1.82) is 0 Å². The van der Waals surface area contributed by atoms with Crippen molar-refractivity contribution in [3.63, 3.8) is 0 Å². The van der Waals surface area contributed by atoms with Gasteiger partial charge in [-0.15, -0.1) is 11.3 Å². The Morgan fingerprint density at radius 3 is 2.68 bits per heavy atom. The Kier molecular flexibility index (Phi) is 5.93. The van der Waals surface area contributed by atoms with Crippen molar-refractivity contribution in [1.82, 2.24) is 4.98 Å². The van der Waals surface area contributed by atoms with Crippen molar-refractivity contribution in [2.24, 2.45) is 0 Å². The van der Waals surface area contributed by atoms with E-state index in [1.165, 1.54) is 0 Å². The van der Waals surface area contributed by atoms with E-state index < -0.39 is 0 Å². The molecule has 0 amide bonds. The largest absolute Gasteiger partial charge is 0.487 e. The van der Waals surface area contributed by atoms with Crippen LogP contribution in [0, 0.1) is 0 Å². The van der Waals surface area contributed by atoms with Gasteiger partial charge >= 0.3 is 0 Å². The first kappa shape index (κ1) is 19.3. The van der Waals surface area contributed by atoms with E-state index in [2.05, 4.69) is 10.3 Å². The summed E-state index contributed by atoms with van der Waals surface area (Å²) in [7, 11) is 0. The molecule has 0 fully saturated rings. The van der Waals surface area contributed by atoms with Crippen molar-refractivity contribution in [3.8, 4) is 5.75 Å². The molecule has 0 spiro atoms. The Hall–Kier alpha value is -1.98. The molecule has 7 heteroatoms. The highest BCUT2D eigenvalue weighted by Gasteiger charge is 2.15. The molecule has 0 saturated carbocycles. The zero-order valence-electron chi connectivity index (χ0n) is 14.6. The Morgan fingerprint density at radius 1 is 0.964 bits per heavy atom. The fourth-order valence-electron chi connectivity index (χ4n) is 2.80. The standard InChI is InChI=1S/C21H15Cl3N2OS/c22-14-3-1-4-15(10-14)26-11-19-20(16-5-2-8-25-21(16)28-19)27-12-13-6-7-17(23)18(24)9-13/h1-10,26H,11-12H2. The Bertz CT molecular complexity index is 1130. The second-order valence-electron chi connectivity index (χ2n) is 6.11. The van der Waals surface area contributed by atoms with Crippen LogP contribution in [0.1, 0.15) is 10.4 Å². The van der Waals surface area contributed by atoms with Crippen molar-refractivity contribution in [2.45, 2.75) is 13.2 Å². The molecule has 4 rings (SSSR count). The molecular weight excluding hydrogens is 435 g/mol. The lowest BCUT2D eigenvalue weighted by Gasteiger charge is -2.10. The number of rotatable bonds is 6. The first-order chi connectivity index (χ1) is 13.6. The lowest BCUT2D eigenvalue weighted by atomic mass is 10.2. The SMILES string of the molecule is Clc1cccc(NCc2sc3ncccc3c2OCc2ccc(Cl)c(Cl)c2)c1. The minimum Gasteiger partial charge on any atom is -0.487 e. The number of ether oxygens (including phenoxy) is 1. The zero-order valence-corrected chi connectivity index (χ0v) is 17.7. The number of anilines is 1. The van der Waals surface area contributed by atoms with Crippen molar-refractivity contribution in [3.05, 3.63) is 86.3 Å². The van der Waals surface area contributed by atoms with Gasteiger partial charge in [-0.3, -0.25) is 0 Å². The van der Waals surface area contributed by atoms with Crippen molar-refractivity contribution < 1.29 is 4.74 Å². The summed E-state index contributed by atoms with van der Waals surface area (Å²) in [6, 6.07) is 17.1. The second kappa shape index (κ2) is 8.58. The van der Waals surface area contributed by atoms with E-state index in [4.69, 9.17) is 39.5 Å². The lowest BCUT2D eigenvalue weighted by Crippen LogP contribution is -2.01. The van der Waals surface area contributed by atoms with E-state index in [1.54, 1.807) is 23.6 Å². The maximum atomic E-state index is 6.19. The minimum atomic E-state index is 0.391. The summed E-state index contributed by atoms with van der Waals surface area (Å²) in [5.41, 5.74) is 1.90. The third-order valence-corrected chi connectivity index (χ3v) is 6.20. The number of hydrogen-bond acceptors (Lipinski definition) is 4. The van der Waals surface area contributed by atoms with Crippen LogP contribution in [0.25, 0.3) is 10.2 Å². The molecule has 0 atom stereocenters. The summed E-state index contributed by atoms with van der Waals surface area (Å²) >= 11 is 19.8. The molecule has 0 radical (unpaired) electrons. The molecule has 4 aromatic rings. The van der Waals surface area contributed by atoms with Crippen molar-refractivity contribution in [2.75, 3.05) is 5.32 Å². The molecule has 142 valence electrons. The maximum absolute atomic E-state index is 6.19. The molecule has 3 nitrogen and oxygen atoms in total. The van der Waals surface area contributed by atoms with Crippen molar-refractivity contribution >= 4 is 62.0 Å². The molecule has 0 aliphatic carbocycles. The van der Waals surface area contributed by atoms with Gasteiger partial charge in [-0.25, -0.2) is 4.98 Å². The molecule has 28 heavy (non-hydrogen) atoms. The summed E-state index contributed by atoms with van der Waals surface area (Å²) in [5, 5.41) is 6.13. The number of hydrogen-bond donors (Lipinski definition) is 1. The van der Waals surface area contributed by atoms with Crippen LogP contribution < -0.4 is 10.1 Å². The number of thiophene rings is 1. The Morgan fingerprint density at radius 2 is 1.86 bits per heavy atom.